The Labute approximate surface area is 81.9 Å². The van der Waals surface area contributed by atoms with Gasteiger partial charge in [0.15, 0.2) is 0 Å². The monoisotopic (exact) mass is 229 g/mol. The lowest BCUT2D eigenvalue weighted by Gasteiger charge is -2.10. The van der Waals surface area contributed by atoms with Crippen molar-refractivity contribution in [3.8, 4) is 0 Å². The Balaban J connectivity index is 2.92. The molecule has 0 fully saturated rings. The predicted molar refractivity (Wildman–Crippen MR) is 41.5 cm³/mol. The van der Waals surface area contributed by atoms with Crippen LogP contribution in [0.5, 0.6) is 0 Å². The number of furan rings is 1. The van der Waals surface area contributed by atoms with Crippen molar-refractivity contribution in [2.24, 2.45) is 5.73 Å². The number of alkyl halides is 5. The maximum Gasteiger partial charge on any atom is 0.449 e. The van der Waals surface area contributed by atoms with Crippen LogP contribution in [0.1, 0.15) is 17.4 Å². The van der Waals surface area contributed by atoms with Gasteiger partial charge in [0.1, 0.15) is 5.76 Å². The van der Waals surface area contributed by atoms with Crippen LogP contribution in [0.4, 0.5) is 22.0 Å². The molecular formula is C8H8F5NO. The molecule has 0 radical (unpaired) electrons. The van der Waals surface area contributed by atoms with Gasteiger partial charge in [0, 0.05) is 6.54 Å². The molecule has 0 aliphatic carbocycles. The first-order valence-corrected chi connectivity index (χ1v) is 4.01. The minimum Gasteiger partial charge on any atom is -0.456 e. The molecule has 0 spiro atoms. The third kappa shape index (κ3) is 2.68. The molecule has 7 heteroatoms. The van der Waals surface area contributed by atoms with Gasteiger partial charge in [-0.15, -0.1) is 0 Å². The smallest absolute Gasteiger partial charge is 0.449 e. The van der Waals surface area contributed by atoms with Crippen molar-refractivity contribution in [1.29, 1.82) is 0 Å². The largest absolute Gasteiger partial charge is 0.456 e. The fourth-order valence-electron chi connectivity index (χ4n) is 1.05. The third-order valence-electron chi connectivity index (χ3n) is 1.83. The van der Waals surface area contributed by atoms with Crippen molar-refractivity contribution in [3.05, 3.63) is 23.7 Å². The highest BCUT2D eigenvalue weighted by Crippen LogP contribution is 2.33. The number of nitrogens with two attached hydrogens (primary N) is 1. The highest BCUT2D eigenvalue weighted by atomic mass is 19.4. The van der Waals surface area contributed by atoms with E-state index in [1.54, 1.807) is 0 Å². The van der Waals surface area contributed by atoms with E-state index in [4.69, 9.17) is 5.73 Å². The fourth-order valence-corrected chi connectivity index (χ4v) is 1.05. The molecule has 2 N–H and O–H groups in total. The molecule has 1 aromatic heterocycles. The van der Waals surface area contributed by atoms with Crippen molar-refractivity contribution in [3.63, 3.8) is 0 Å². The SMILES string of the molecule is NCC(c1ccc(C(F)(F)F)o1)C(F)F. The van der Waals surface area contributed by atoms with Crippen LogP contribution < -0.4 is 5.73 Å². The Morgan fingerprint density at radius 1 is 1.27 bits per heavy atom. The van der Waals surface area contributed by atoms with Gasteiger partial charge in [-0.3, -0.25) is 0 Å². The average Bonchev–Trinajstić information content (AvgIpc) is 2.52. The molecule has 0 bridgehead atoms. The van der Waals surface area contributed by atoms with Gasteiger partial charge in [0.25, 0.3) is 0 Å². The van der Waals surface area contributed by atoms with Crippen molar-refractivity contribution in [2.45, 2.75) is 18.5 Å². The summed E-state index contributed by atoms with van der Waals surface area (Å²) in [5, 5.41) is 0. The summed E-state index contributed by atoms with van der Waals surface area (Å²) in [5.74, 6) is -3.24. The van der Waals surface area contributed by atoms with Crippen LogP contribution in [0.2, 0.25) is 0 Å². The van der Waals surface area contributed by atoms with Crippen molar-refractivity contribution >= 4 is 0 Å². The molecule has 0 amide bonds. The maximum atomic E-state index is 12.3. The van der Waals surface area contributed by atoms with Gasteiger partial charge in [-0.25, -0.2) is 8.78 Å². The Kier molecular flexibility index (Phi) is 3.33. The van der Waals surface area contributed by atoms with Gasteiger partial charge in [-0.1, -0.05) is 0 Å². The van der Waals surface area contributed by atoms with Gasteiger partial charge < -0.3 is 10.2 Å². The normalized spacial score (nSPS) is 14.6. The summed E-state index contributed by atoms with van der Waals surface area (Å²) in [6.45, 7) is -0.470. The lowest BCUT2D eigenvalue weighted by Crippen LogP contribution is -2.19. The van der Waals surface area contributed by atoms with Crippen molar-refractivity contribution in [1.82, 2.24) is 0 Å². The third-order valence-corrected chi connectivity index (χ3v) is 1.83. The van der Waals surface area contributed by atoms with Gasteiger partial charge in [-0.2, -0.15) is 13.2 Å². The Bertz CT molecular complexity index is 319. The lowest BCUT2D eigenvalue weighted by molar-refractivity contribution is -0.153. The minimum atomic E-state index is -4.67. The van der Waals surface area contributed by atoms with Gasteiger partial charge in [-0.05, 0) is 12.1 Å². The van der Waals surface area contributed by atoms with E-state index in [0.717, 1.165) is 6.07 Å². The molecule has 1 rings (SSSR count). The Morgan fingerprint density at radius 3 is 2.20 bits per heavy atom. The topological polar surface area (TPSA) is 39.2 Å². The number of rotatable bonds is 3. The summed E-state index contributed by atoms with van der Waals surface area (Å²) in [5.41, 5.74) is 5.00. The summed E-state index contributed by atoms with van der Waals surface area (Å²) >= 11 is 0. The molecule has 0 aliphatic rings. The number of hydrogen-bond donors (Lipinski definition) is 1. The second-order valence-electron chi connectivity index (χ2n) is 2.88. The maximum absolute atomic E-state index is 12.3. The predicted octanol–water partition coefficient (Wildman–Crippen LogP) is 2.61. The van der Waals surface area contributed by atoms with Crippen LogP contribution in [0.3, 0.4) is 0 Å². The first-order chi connectivity index (χ1) is 6.86. The van der Waals surface area contributed by atoms with Crippen LogP contribution in [0.15, 0.2) is 16.5 Å². The average molecular weight is 229 g/mol. The molecule has 0 saturated heterocycles. The van der Waals surface area contributed by atoms with E-state index < -0.39 is 36.6 Å². The lowest BCUT2D eigenvalue weighted by atomic mass is 10.1. The first kappa shape index (κ1) is 12.0. The van der Waals surface area contributed by atoms with E-state index in [1.807, 2.05) is 0 Å². The standard InChI is InChI=1S/C8H8F5NO/c9-7(10)4(3-14)5-1-2-6(15-5)8(11,12)13/h1-2,4,7H,3,14H2. The van der Waals surface area contributed by atoms with Crippen LogP contribution in [0.25, 0.3) is 0 Å². The van der Waals surface area contributed by atoms with E-state index in [9.17, 15) is 22.0 Å². The van der Waals surface area contributed by atoms with Crippen LogP contribution in [-0.2, 0) is 6.18 Å². The zero-order valence-corrected chi connectivity index (χ0v) is 7.39. The molecular weight excluding hydrogens is 221 g/mol. The molecule has 15 heavy (non-hydrogen) atoms. The van der Waals surface area contributed by atoms with E-state index >= 15 is 0 Å². The highest BCUT2D eigenvalue weighted by molar-refractivity contribution is 5.14. The van der Waals surface area contributed by atoms with E-state index in [1.165, 1.54) is 0 Å². The second-order valence-corrected chi connectivity index (χ2v) is 2.88. The van der Waals surface area contributed by atoms with Crippen LogP contribution in [-0.4, -0.2) is 13.0 Å². The molecule has 1 atom stereocenters. The van der Waals surface area contributed by atoms with E-state index in [-0.39, 0.29) is 0 Å². The van der Waals surface area contributed by atoms with Crippen LogP contribution in [0, 0.1) is 0 Å². The molecule has 2 nitrogen and oxygen atoms in total. The van der Waals surface area contributed by atoms with Crippen molar-refractivity contribution < 1.29 is 26.4 Å². The fraction of sp³-hybridized carbons (Fsp3) is 0.500. The highest BCUT2D eigenvalue weighted by Gasteiger charge is 2.36. The molecule has 1 unspecified atom stereocenters. The van der Waals surface area contributed by atoms with Crippen LogP contribution >= 0.6 is 0 Å². The second kappa shape index (κ2) is 4.18. The molecule has 1 aromatic rings. The summed E-state index contributed by atoms with van der Waals surface area (Å²) in [4.78, 5) is 0. The Hall–Kier alpha value is -1.11. The number of hydrogen-bond acceptors (Lipinski definition) is 2. The zero-order valence-electron chi connectivity index (χ0n) is 7.39. The van der Waals surface area contributed by atoms with E-state index in [2.05, 4.69) is 4.42 Å². The number of halogens is 5. The van der Waals surface area contributed by atoms with Crippen molar-refractivity contribution in [2.75, 3.05) is 6.54 Å². The molecule has 0 aromatic carbocycles. The van der Waals surface area contributed by atoms with Gasteiger partial charge in [0.05, 0.1) is 5.92 Å². The van der Waals surface area contributed by atoms with Gasteiger partial charge in [0.2, 0.25) is 12.2 Å². The quantitative estimate of drug-likeness (QED) is 0.809. The van der Waals surface area contributed by atoms with E-state index in [0.29, 0.717) is 6.07 Å². The summed E-state index contributed by atoms with van der Waals surface area (Å²) in [6, 6.07) is 1.48. The zero-order chi connectivity index (χ0) is 11.6. The molecule has 1 heterocycles. The van der Waals surface area contributed by atoms with Gasteiger partial charge >= 0.3 is 6.18 Å². The summed E-state index contributed by atoms with van der Waals surface area (Å²) < 4.78 is 65.0. The summed E-state index contributed by atoms with van der Waals surface area (Å²) in [6.07, 6.45) is -7.51. The molecule has 0 aliphatic heterocycles. The Morgan fingerprint density at radius 2 is 1.87 bits per heavy atom. The minimum absolute atomic E-state index is 0.445. The molecule has 0 saturated carbocycles. The molecule has 86 valence electrons. The summed E-state index contributed by atoms with van der Waals surface area (Å²) in [7, 11) is 0. The first-order valence-electron chi connectivity index (χ1n) is 4.01.